The number of amides is 1. The SMILES string of the molecule is CN(CC(=O)NC1CCN(Cc2ccccc2)CC1)Cc1c(F)cccc1Cl. The molecule has 3 rings (SSSR count). The summed E-state index contributed by atoms with van der Waals surface area (Å²) < 4.78 is 13.9. The van der Waals surface area contributed by atoms with E-state index in [1.807, 2.05) is 6.07 Å². The van der Waals surface area contributed by atoms with Crippen LogP contribution in [0, 0.1) is 5.82 Å². The van der Waals surface area contributed by atoms with Crippen LogP contribution in [0.3, 0.4) is 0 Å². The topological polar surface area (TPSA) is 35.6 Å². The number of nitrogens with zero attached hydrogens (tertiary/aromatic N) is 2. The van der Waals surface area contributed by atoms with Crippen LogP contribution in [0.2, 0.25) is 5.02 Å². The van der Waals surface area contributed by atoms with E-state index in [-0.39, 0.29) is 24.3 Å². The van der Waals surface area contributed by atoms with Crippen LogP contribution in [-0.4, -0.2) is 48.4 Å². The Labute approximate surface area is 171 Å². The molecule has 6 heteroatoms. The second-order valence-corrected chi connectivity index (χ2v) is 7.88. The Morgan fingerprint density at radius 2 is 1.89 bits per heavy atom. The first-order chi connectivity index (χ1) is 13.5. The third-order valence-electron chi connectivity index (χ3n) is 5.10. The molecule has 0 saturated carbocycles. The average molecular weight is 404 g/mol. The van der Waals surface area contributed by atoms with Gasteiger partial charge in [0, 0.05) is 42.8 Å². The number of carbonyl (C=O) groups is 1. The molecule has 1 amide bonds. The van der Waals surface area contributed by atoms with Gasteiger partial charge in [0.25, 0.3) is 0 Å². The van der Waals surface area contributed by atoms with Crippen molar-refractivity contribution in [2.24, 2.45) is 0 Å². The molecule has 0 aromatic heterocycles. The van der Waals surface area contributed by atoms with Gasteiger partial charge in [0.15, 0.2) is 0 Å². The van der Waals surface area contributed by atoms with Crippen molar-refractivity contribution >= 4 is 17.5 Å². The summed E-state index contributed by atoms with van der Waals surface area (Å²) in [5.74, 6) is -0.373. The predicted molar refractivity (Wildman–Crippen MR) is 111 cm³/mol. The largest absolute Gasteiger partial charge is 0.352 e. The number of likely N-dealkylation sites (tertiary alicyclic amines) is 1. The molecule has 1 aliphatic heterocycles. The maximum atomic E-state index is 13.9. The van der Waals surface area contributed by atoms with E-state index >= 15 is 0 Å². The Kier molecular flexibility index (Phi) is 7.43. The third kappa shape index (κ3) is 6.03. The highest BCUT2D eigenvalue weighted by molar-refractivity contribution is 6.31. The molecule has 0 unspecified atom stereocenters. The number of likely N-dealkylation sites (N-methyl/N-ethyl adjacent to an activating group) is 1. The summed E-state index contributed by atoms with van der Waals surface area (Å²) in [7, 11) is 1.80. The average Bonchev–Trinajstić information content (AvgIpc) is 2.67. The molecule has 1 N–H and O–H groups in total. The fraction of sp³-hybridized carbons (Fsp3) is 0.409. The molecule has 1 saturated heterocycles. The summed E-state index contributed by atoms with van der Waals surface area (Å²) in [4.78, 5) is 16.6. The summed E-state index contributed by atoms with van der Waals surface area (Å²) in [6.45, 7) is 3.41. The smallest absolute Gasteiger partial charge is 0.234 e. The molecular formula is C22H27ClFN3O. The Morgan fingerprint density at radius 3 is 2.57 bits per heavy atom. The highest BCUT2D eigenvalue weighted by Gasteiger charge is 2.21. The molecular weight excluding hydrogens is 377 g/mol. The van der Waals surface area contributed by atoms with Crippen LogP contribution >= 0.6 is 11.6 Å². The van der Waals surface area contributed by atoms with Gasteiger partial charge in [0.2, 0.25) is 5.91 Å². The third-order valence-corrected chi connectivity index (χ3v) is 5.46. The molecule has 1 aliphatic rings. The normalized spacial score (nSPS) is 15.7. The van der Waals surface area contributed by atoms with E-state index in [1.165, 1.54) is 11.6 Å². The van der Waals surface area contributed by atoms with Gasteiger partial charge < -0.3 is 5.32 Å². The van der Waals surface area contributed by atoms with Gasteiger partial charge in [0.05, 0.1) is 6.54 Å². The second-order valence-electron chi connectivity index (χ2n) is 7.48. The molecule has 0 aliphatic carbocycles. The highest BCUT2D eigenvalue weighted by atomic mass is 35.5. The predicted octanol–water partition coefficient (Wildman–Crippen LogP) is 3.69. The molecule has 0 spiro atoms. The lowest BCUT2D eigenvalue weighted by Gasteiger charge is -2.32. The maximum absolute atomic E-state index is 13.9. The monoisotopic (exact) mass is 403 g/mol. The van der Waals surface area contributed by atoms with Gasteiger partial charge in [-0.05, 0) is 37.6 Å². The van der Waals surface area contributed by atoms with Gasteiger partial charge >= 0.3 is 0 Å². The van der Waals surface area contributed by atoms with Crippen molar-refractivity contribution in [2.75, 3.05) is 26.7 Å². The zero-order valence-electron chi connectivity index (χ0n) is 16.2. The van der Waals surface area contributed by atoms with E-state index in [0.717, 1.165) is 32.5 Å². The minimum Gasteiger partial charge on any atom is -0.352 e. The quantitative estimate of drug-likeness (QED) is 0.765. The number of rotatable bonds is 7. The first kappa shape index (κ1) is 20.8. The van der Waals surface area contributed by atoms with Crippen LogP contribution in [0.4, 0.5) is 4.39 Å². The van der Waals surface area contributed by atoms with Crippen LogP contribution in [0.1, 0.15) is 24.0 Å². The van der Waals surface area contributed by atoms with Gasteiger partial charge in [0.1, 0.15) is 5.82 Å². The number of carbonyl (C=O) groups excluding carboxylic acids is 1. The molecule has 2 aromatic rings. The van der Waals surface area contributed by atoms with Crippen molar-refractivity contribution in [2.45, 2.75) is 32.0 Å². The fourth-order valence-electron chi connectivity index (χ4n) is 3.60. The van der Waals surface area contributed by atoms with E-state index in [4.69, 9.17) is 11.6 Å². The van der Waals surface area contributed by atoms with Crippen LogP contribution in [-0.2, 0) is 17.9 Å². The van der Waals surface area contributed by atoms with Gasteiger partial charge in [-0.25, -0.2) is 4.39 Å². The van der Waals surface area contributed by atoms with Crippen LogP contribution in [0.15, 0.2) is 48.5 Å². The molecule has 150 valence electrons. The number of piperidine rings is 1. The van der Waals surface area contributed by atoms with Crippen LogP contribution in [0.5, 0.6) is 0 Å². The summed E-state index contributed by atoms with van der Waals surface area (Å²) in [5.41, 5.74) is 1.74. The van der Waals surface area contributed by atoms with Gasteiger partial charge in [-0.2, -0.15) is 0 Å². The lowest BCUT2D eigenvalue weighted by atomic mass is 10.0. The molecule has 1 fully saturated rings. The summed E-state index contributed by atoms with van der Waals surface area (Å²) in [5, 5.41) is 3.50. The van der Waals surface area contributed by atoms with Crippen LogP contribution in [0.25, 0.3) is 0 Å². The minimum atomic E-state index is -0.342. The zero-order valence-corrected chi connectivity index (χ0v) is 17.0. The van der Waals surface area contributed by atoms with E-state index < -0.39 is 0 Å². The summed E-state index contributed by atoms with van der Waals surface area (Å²) in [6.07, 6.45) is 1.89. The Morgan fingerprint density at radius 1 is 1.18 bits per heavy atom. The zero-order chi connectivity index (χ0) is 19.9. The van der Waals surface area contributed by atoms with Crippen molar-refractivity contribution in [3.05, 3.63) is 70.5 Å². The van der Waals surface area contributed by atoms with Crippen molar-refractivity contribution < 1.29 is 9.18 Å². The van der Waals surface area contributed by atoms with E-state index in [9.17, 15) is 9.18 Å². The molecule has 28 heavy (non-hydrogen) atoms. The number of hydrogen-bond donors (Lipinski definition) is 1. The lowest BCUT2D eigenvalue weighted by Crippen LogP contribution is -2.46. The van der Waals surface area contributed by atoms with E-state index in [2.05, 4.69) is 34.5 Å². The Bertz CT molecular complexity index is 758. The standard InChI is InChI=1S/C22H27ClFN3O/c1-26(15-19-20(23)8-5-9-21(19)24)16-22(28)25-18-10-12-27(13-11-18)14-17-6-3-2-4-7-17/h2-9,18H,10-16H2,1H3,(H,25,28). The molecule has 0 radical (unpaired) electrons. The molecule has 0 bridgehead atoms. The Hall–Kier alpha value is -1.95. The maximum Gasteiger partial charge on any atom is 0.234 e. The van der Waals surface area contributed by atoms with Crippen molar-refractivity contribution in [3.8, 4) is 0 Å². The molecule has 4 nitrogen and oxygen atoms in total. The number of hydrogen-bond acceptors (Lipinski definition) is 3. The molecule has 2 aromatic carbocycles. The van der Waals surface area contributed by atoms with Crippen molar-refractivity contribution in [1.82, 2.24) is 15.1 Å². The van der Waals surface area contributed by atoms with E-state index in [1.54, 1.807) is 24.1 Å². The fourth-order valence-corrected chi connectivity index (χ4v) is 3.83. The molecule has 1 heterocycles. The Balaban J connectivity index is 1.40. The summed E-state index contributed by atoms with van der Waals surface area (Å²) in [6, 6.07) is 15.3. The van der Waals surface area contributed by atoms with Crippen molar-refractivity contribution in [3.63, 3.8) is 0 Å². The van der Waals surface area contributed by atoms with Gasteiger partial charge in [-0.3, -0.25) is 14.6 Å². The first-order valence-electron chi connectivity index (χ1n) is 9.68. The lowest BCUT2D eigenvalue weighted by molar-refractivity contribution is -0.123. The number of halogens is 2. The summed E-state index contributed by atoms with van der Waals surface area (Å²) >= 11 is 6.07. The minimum absolute atomic E-state index is 0.0310. The van der Waals surface area contributed by atoms with Crippen LogP contribution < -0.4 is 5.32 Å². The number of nitrogens with one attached hydrogen (secondary N) is 1. The van der Waals surface area contributed by atoms with Crippen molar-refractivity contribution in [1.29, 1.82) is 0 Å². The van der Waals surface area contributed by atoms with Gasteiger partial charge in [-0.15, -0.1) is 0 Å². The number of benzene rings is 2. The molecule has 0 atom stereocenters. The van der Waals surface area contributed by atoms with Gasteiger partial charge in [-0.1, -0.05) is 48.0 Å². The first-order valence-corrected chi connectivity index (χ1v) is 10.1. The second kappa shape index (κ2) is 10.0. The van der Waals surface area contributed by atoms with E-state index in [0.29, 0.717) is 17.1 Å². The highest BCUT2D eigenvalue weighted by Crippen LogP contribution is 2.20.